The average Bonchev–Trinajstić information content (AvgIpc) is 2.62. The summed E-state index contributed by atoms with van der Waals surface area (Å²) in [5.74, 6) is 0.0371. The first-order valence-electron chi connectivity index (χ1n) is 8.37. The van der Waals surface area contributed by atoms with Gasteiger partial charge in [0.2, 0.25) is 5.91 Å². The lowest BCUT2D eigenvalue weighted by atomic mass is 10.0. The van der Waals surface area contributed by atoms with E-state index >= 15 is 0 Å². The fourth-order valence-corrected chi connectivity index (χ4v) is 2.75. The van der Waals surface area contributed by atoms with E-state index < -0.39 is 0 Å². The molecule has 0 bridgehead atoms. The van der Waals surface area contributed by atoms with Crippen LogP contribution in [0, 0.1) is 0 Å². The third-order valence-corrected chi connectivity index (χ3v) is 4.06. The van der Waals surface area contributed by atoms with E-state index in [1.54, 1.807) is 0 Å². The summed E-state index contributed by atoms with van der Waals surface area (Å²) in [6, 6.07) is 20.7. The molecule has 2 atom stereocenters. The standard InChI is InChI=1S/C20H26N2O/c1-3-18(16-11-7-5-8-12-16)21-15-20(23)22-19(4-2)17-13-9-6-10-14-17/h5-14,18-19,21H,3-4,15H2,1-2H3,(H,22,23). The van der Waals surface area contributed by atoms with Crippen molar-refractivity contribution in [3.63, 3.8) is 0 Å². The Morgan fingerprint density at radius 2 is 1.30 bits per heavy atom. The molecular weight excluding hydrogens is 284 g/mol. The number of carbonyl (C=O) groups excluding carboxylic acids is 1. The molecular formula is C20H26N2O. The van der Waals surface area contributed by atoms with E-state index in [0.29, 0.717) is 6.54 Å². The number of hydrogen-bond donors (Lipinski definition) is 2. The first kappa shape index (κ1) is 17.2. The highest BCUT2D eigenvalue weighted by molar-refractivity contribution is 5.78. The van der Waals surface area contributed by atoms with Crippen LogP contribution in [0.4, 0.5) is 0 Å². The molecule has 0 aromatic heterocycles. The Bertz CT molecular complexity index is 583. The molecule has 0 aliphatic rings. The number of nitrogens with one attached hydrogen (secondary N) is 2. The van der Waals surface area contributed by atoms with Crippen LogP contribution in [0.3, 0.4) is 0 Å². The van der Waals surface area contributed by atoms with Crippen molar-refractivity contribution in [3.05, 3.63) is 71.8 Å². The Hall–Kier alpha value is -2.13. The van der Waals surface area contributed by atoms with Crippen LogP contribution < -0.4 is 10.6 Å². The van der Waals surface area contributed by atoms with E-state index in [4.69, 9.17) is 0 Å². The van der Waals surface area contributed by atoms with Crippen LogP contribution >= 0.6 is 0 Å². The molecule has 0 saturated heterocycles. The molecule has 0 radical (unpaired) electrons. The van der Waals surface area contributed by atoms with Crippen molar-refractivity contribution in [3.8, 4) is 0 Å². The predicted octanol–water partition coefficient (Wildman–Crippen LogP) is 3.99. The Balaban J connectivity index is 1.89. The van der Waals surface area contributed by atoms with E-state index in [1.165, 1.54) is 5.56 Å². The van der Waals surface area contributed by atoms with Gasteiger partial charge in [0.05, 0.1) is 12.6 Å². The second-order valence-corrected chi connectivity index (χ2v) is 5.69. The predicted molar refractivity (Wildman–Crippen MR) is 95.1 cm³/mol. The van der Waals surface area contributed by atoms with E-state index in [2.05, 4.69) is 48.7 Å². The lowest BCUT2D eigenvalue weighted by Crippen LogP contribution is -2.37. The van der Waals surface area contributed by atoms with Crippen molar-refractivity contribution in [1.82, 2.24) is 10.6 Å². The topological polar surface area (TPSA) is 41.1 Å². The number of hydrogen-bond acceptors (Lipinski definition) is 2. The highest BCUT2D eigenvalue weighted by Gasteiger charge is 2.14. The van der Waals surface area contributed by atoms with E-state index in [-0.39, 0.29) is 18.0 Å². The molecule has 3 nitrogen and oxygen atoms in total. The van der Waals surface area contributed by atoms with Gasteiger partial charge in [0.1, 0.15) is 0 Å². The molecule has 122 valence electrons. The quantitative estimate of drug-likeness (QED) is 0.774. The lowest BCUT2D eigenvalue weighted by Gasteiger charge is -2.20. The SMILES string of the molecule is CCC(NCC(=O)NC(CC)c1ccccc1)c1ccccc1. The lowest BCUT2D eigenvalue weighted by molar-refractivity contribution is -0.121. The van der Waals surface area contributed by atoms with Crippen molar-refractivity contribution in [2.45, 2.75) is 38.8 Å². The second-order valence-electron chi connectivity index (χ2n) is 5.69. The van der Waals surface area contributed by atoms with Gasteiger partial charge in [0.15, 0.2) is 0 Å². The van der Waals surface area contributed by atoms with Crippen LogP contribution in [-0.2, 0) is 4.79 Å². The minimum absolute atomic E-state index is 0.0371. The van der Waals surface area contributed by atoms with Crippen LogP contribution in [-0.4, -0.2) is 12.5 Å². The fourth-order valence-electron chi connectivity index (χ4n) is 2.75. The maximum absolute atomic E-state index is 12.3. The van der Waals surface area contributed by atoms with Crippen LogP contribution in [0.1, 0.15) is 49.9 Å². The molecule has 23 heavy (non-hydrogen) atoms. The summed E-state index contributed by atoms with van der Waals surface area (Å²) in [7, 11) is 0. The van der Waals surface area contributed by atoms with Gasteiger partial charge in [-0.1, -0.05) is 74.5 Å². The molecule has 0 spiro atoms. The molecule has 2 rings (SSSR count). The molecule has 2 aromatic carbocycles. The van der Waals surface area contributed by atoms with Gasteiger partial charge < -0.3 is 10.6 Å². The number of carbonyl (C=O) groups is 1. The Morgan fingerprint density at radius 3 is 1.78 bits per heavy atom. The first-order valence-corrected chi connectivity index (χ1v) is 8.37. The summed E-state index contributed by atoms with van der Waals surface area (Å²) in [6.45, 7) is 4.54. The molecule has 0 fully saturated rings. The van der Waals surface area contributed by atoms with Gasteiger partial charge in [-0.05, 0) is 24.0 Å². The Labute approximate surface area is 139 Å². The number of amides is 1. The summed E-state index contributed by atoms with van der Waals surface area (Å²) in [5.41, 5.74) is 2.37. The van der Waals surface area contributed by atoms with Crippen molar-refractivity contribution in [2.24, 2.45) is 0 Å². The molecule has 0 aliphatic heterocycles. The molecule has 2 N–H and O–H groups in total. The van der Waals surface area contributed by atoms with Crippen molar-refractivity contribution < 1.29 is 4.79 Å². The highest BCUT2D eigenvalue weighted by atomic mass is 16.1. The maximum Gasteiger partial charge on any atom is 0.234 e. The van der Waals surface area contributed by atoms with Crippen molar-refractivity contribution >= 4 is 5.91 Å². The number of rotatable bonds is 8. The van der Waals surface area contributed by atoms with Gasteiger partial charge in [-0.2, -0.15) is 0 Å². The third kappa shape index (κ3) is 5.22. The molecule has 0 saturated carbocycles. The van der Waals surface area contributed by atoms with Crippen LogP contribution in [0.5, 0.6) is 0 Å². The van der Waals surface area contributed by atoms with Gasteiger partial charge in [0.25, 0.3) is 0 Å². The normalized spacial score (nSPS) is 13.3. The largest absolute Gasteiger partial charge is 0.348 e. The smallest absolute Gasteiger partial charge is 0.234 e. The van der Waals surface area contributed by atoms with Crippen LogP contribution in [0.25, 0.3) is 0 Å². The molecule has 2 aromatic rings. The van der Waals surface area contributed by atoms with Gasteiger partial charge in [-0.15, -0.1) is 0 Å². The summed E-state index contributed by atoms with van der Waals surface area (Å²) in [6.07, 6.45) is 1.83. The summed E-state index contributed by atoms with van der Waals surface area (Å²) in [4.78, 5) is 12.3. The molecule has 0 heterocycles. The Kier molecular flexibility index (Phi) is 6.82. The summed E-state index contributed by atoms with van der Waals surface area (Å²) in [5, 5.41) is 6.47. The third-order valence-electron chi connectivity index (χ3n) is 4.06. The van der Waals surface area contributed by atoms with Gasteiger partial charge in [-0.3, -0.25) is 4.79 Å². The van der Waals surface area contributed by atoms with E-state index in [9.17, 15) is 4.79 Å². The second kappa shape index (κ2) is 9.11. The zero-order valence-corrected chi connectivity index (χ0v) is 14.0. The summed E-state index contributed by atoms with van der Waals surface area (Å²) < 4.78 is 0. The molecule has 1 amide bonds. The monoisotopic (exact) mass is 310 g/mol. The van der Waals surface area contributed by atoms with Crippen molar-refractivity contribution in [1.29, 1.82) is 0 Å². The maximum atomic E-state index is 12.3. The minimum Gasteiger partial charge on any atom is -0.348 e. The minimum atomic E-state index is 0.0371. The van der Waals surface area contributed by atoms with Crippen molar-refractivity contribution in [2.75, 3.05) is 6.54 Å². The van der Waals surface area contributed by atoms with E-state index in [0.717, 1.165) is 18.4 Å². The van der Waals surface area contributed by atoms with Gasteiger partial charge in [0, 0.05) is 6.04 Å². The van der Waals surface area contributed by atoms with Gasteiger partial charge >= 0.3 is 0 Å². The van der Waals surface area contributed by atoms with E-state index in [1.807, 2.05) is 36.4 Å². The van der Waals surface area contributed by atoms with Crippen LogP contribution in [0.15, 0.2) is 60.7 Å². The first-order chi connectivity index (χ1) is 11.2. The van der Waals surface area contributed by atoms with Crippen LogP contribution in [0.2, 0.25) is 0 Å². The highest BCUT2D eigenvalue weighted by Crippen LogP contribution is 2.17. The number of benzene rings is 2. The fraction of sp³-hybridized carbons (Fsp3) is 0.350. The molecule has 2 unspecified atom stereocenters. The summed E-state index contributed by atoms with van der Waals surface area (Å²) >= 11 is 0. The van der Waals surface area contributed by atoms with Gasteiger partial charge in [-0.25, -0.2) is 0 Å². The molecule has 3 heteroatoms. The molecule has 0 aliphatic carbocycles. The Morgan fingerprint density at radius 1 is 0.826 bits per heavy atom. The zero-order valence-electron chi connectivity index (χ0n) is 14.0. The average molecular weight is 310 g/mol. The zero-order chi connectivity index (χ0) is 16.5.